The summed E-state index contributed by atoms with van der Waals surface area (Å²) in [6.07, 6.45) is 4.72. The smallest absolute Gasteiger partial charge is 0.163 e. The first kappa shape index (κ1) is 23.3. The molecule has 0 aliphatic carbocycles. The second kappa shape index (κ2) is 10.4. The Morgan fingerprint density at radius 2 is 1.53 bits per heavy atom. The summed E-state index contributed by atoms with van der Waals surface area (Å²) in [5, 5.41) is 0.692. The molecule has 0 amide bonds. The Bertz CT molecular complexity index is 1390. The van der Waals surface area contributed by atoms with Crippen LogP contribution in [0.1, 0.15) is 5.69 Å². The van der Waals surface area contributed by atoms with Crippen molar-refractivity contribution in [3.63, 3.8) is 0 Å². The molecule has 170 valence electrons. The van der Waals surface area contributed by atoms with E-state index in [1.165, 1.54) is 6.33 Å². The molecule has 0 saturated carbocycles. The molecule has 0 aliphatic heterocycles. The molecule has 3 aromatic heterocycles. The van der Waals surface area contributed by atoms with Gasteiger partial charge in [-0.1, -0.05) is 35.9 Å². The molecule has 0 fully saturated rings. The molecule has 8 heteroatoms. The number of halogens is 2. The van der Waals surface area contributed by atoms with Crippen LogP contribution in [0.4, 0.5) is 5.82 Å². The van der Waals surface area contributed by atoms with E-state index in [-0.39, 0.29) is 12.4 Å². The number of rotatable bonds is 6. The Kier molecular flexibility index (Phi) is 7.11. The van der Waals surface area contributed by atoms with Gasteiger partial charge in [-0.15, -0.1) is 12.4 Å². The van der Waals surface area contributed by atoms with Crippen molar-refractivity contribution in [2.45, 2.75) is 6.54 Å². The molecule has 5 aromatic rings. The summed E-state index contributed by atoms with van der Waals surface area (Å²) in [4.78, 5) is 12.4. The second-order valence-electron chi connectivity index (χ2n) is 7.42. The fourth-order valence-corrected chi connectivity index (χ4v) is 3.94. The van der Waals surface area contributed by atoms with E-state index in [1.54, 1.807) is 18.5 Å². The standard InChI is InChI=1S/C26H20ClN5O.ClH/c27-23-6-2-1-5-22(23)25-13-12-24(32(25)16-19-4-3-7-26(28)31-19)18-8-10-20(11-9-18)33-21-14-29-17-30-15-21;/h1-15,17H,16H2,(H2,28,31);1H. The van der Waals surface area contributed by atoms with Crippen molar-refractivity contribution in [2.24, 2.45) is 0 Å². The third-order valence-corrected chi connectivity index (χ3v) is 5.53. The van der Waals surface area contributed by atoms with Gasteiger partial charge in [-0.05, 0) is 60.2 Å². The minimum atomic E-state index is 0. The van der Waals surface area contributed by atoms with Gasteiger partial charge in [0, 0.05) is 16.3 Å². The van der Waals surface area contributed by atoms with E-state index in [4.69, 9.17) is 22.1 Å². The number of hydrogen-bond acceptors (Lipinski definition) is 5. The molecule has 2 N–H and O–H groups in total. The van der Waals surface area contributed by atoms with Crippen LogP contribution in [0, 0.1) is 0 Å². The van der Waals surface area contributed by atoms with E-state index in [0.717, 1.165) is 28.2 Å². The number of aromatic nitrogens is 4. The van der Waals surface area contributed by atoms with Gasteiger partial charge >= 0.3 is 0 Å². The number of hydrogen-bond donors (Lipinski definition) is 1. The number of nitrogens with zero attached hydrogens (tertiary/aromatic N) is 4. The molecular weight excluding hydrogens is 469 g/mol. The number of benzene rings is 2. The van der Waals surface area contributed by atoms with Crippen molar-refractivity contribution in [1.82, 2.24) is 19.5 Å². The SMILES string of the molecule is Cl.Nc1cccc(Cn2c(-c3ccc(Oc4cncnc4)cc3)ccc2-c2ccccc2Cl)n1. The van der Waals surface area contributed by atoms with E-state index in [2.05, 4.69) is 31.7 Å². The first-order valence-corrected chi connectivity index (χ1v) is 10.7. The third-order valence-electron chi connectivity index (χ3n) is 5.20. The van der Waals surface area contributed by atoms with Crippen molar-refractivity contribution in [1.29, 1.82) is 0 Å². The van der Waals surface area contributed by atoms with Crippen LogP contribution < -0.4 is 10.5 Å². The fraction of sp³-hybridized carbons (Fsp3) is 0.0385. The second-order valence-corrected chi connectivity index (χ2v) is 7.83. The molecule has 0 radical (unpaired) electrons. The molecule has 3 heterocycles. The Balaban J connectivity index is 0.00000274. The van der Waals surface area contributed by atoms with Crippen LogP contribution in [0.2, 0.25) is 5.02 Å². The minimum Gasteiger partial charge on any atom is -0.454 e. The molecule has 34 heavy (non-hydrogen) atoms. The fourth-order valence-electron chi connectivity index (χ4n) is 3.71. The highest BCUT2D eigenvalue weighted by Crippen LogP contribution is 2.34. The van der Waals surface area contributed by atoms with Crippen LogP contribution in [-0.4, -0.2) is 19.5 Å². The van der Waals surface area contributed by atoms with Gasteiger partial charge < -0.3 is 15.0 Å². The third kappa shape index (κ3) is 5.03. The normalized spacial score (nSPS) is 10.5. The lowest BCUT2D eigenvalue weighted by Gasteiger charge is -2.15. The number of nitrogens with two attached hydrogens (primary N) is 1. The molecule has 0 atom stereocenters. The summed E-state index contributed by atoms with van der Waals surface area (Å²) in [7, 11) is 0. The van der Waals surface area contributed by atoms with Crippen molar-refractivity contribution >= 4 is 29.8 Å². The first-order valence-electron chi connectivity index (χ1n) is 10.4. The lowest BCUT2D eigenvalue weighted by molar-refractivity contribution is 0.477. The first-order chi connectivity index (χ1) is 16.2. The van der Waals surface area contributed by atoms with E-state index < -0.39 is 0 Å². The molecule has 0 aliphatic rings. The van der Waals surface area contributed by atoms with Gasteiger partial charge in [0.2, 0.25) is 0 Å². The predicted molar refractivity (Wildman–Crippen MR) is 137 cm³/mol. The van der Waals surface area contributed by atoms with Crippen LogP contribution in [0.15, 0.2) is 97.6 Å². The van der Waals surface area contributed by atoms with E-state index in [0.29, 0.717) is 28.9 Å². The summed E-state index contributed by atoms with van der Waals surface area (Å²) in [6.45, 7) is 0.549. The van der Waals surface area contributed by atoms with Gasteiger partial charge in [0.1, 0.15) is 17.9 Å². The number of nitrogen functional groups attached to an aromatic ring is 1. The average Bonchev–Trinajstić information content (AvgIpc) is 3.24. The van der Waals surface area contributed by atoms with Crippen LogP contribution in [0.25, 0.3) is 22.5 Å². The largest absolute Gasteiger partial charge is 0.454 e. The Labute approximate surface area is 208 Å². The lowest BCUT2D eigenvalue weighted by atomic mass is 10.1. The quantitative estimate of drug-likeness (QED) is 0.294. The maximum Gasteiger partial charge on any atom is 0.163 e. The number of anilines is 1. The zero-order valence-electron chi connectivity index (χ0n) is 18.0. The number of pyridine rings is 1. The van der Waals surface area contributed by atoms with Gasteiger partial charge in [0.05, 0.1) is 30.3 Å². The van der Waals surface area contributed by atoms with Crippen molar-refractivity contribution in [2.75, 3.05) is 5.73 Å². The van der Waals surface area contributed by atoms with Gasteiger partial charge in [-0.25, -0.2) is 15.0 Å². The summed E-state index contributed by atoms with van der Waals surface area (Å²) >= 11 is 6.54. The summed E-state index contributed by atoms with van der Waals surface area (Å²) in [5.74, 6) is 1.78. The molecule has 2 aromatic carbocycles. The van der Waals surface area contributed by atoms with Gasteiger partial charge in [0.25, 0.3) is 0 Å². The number of ether oxygens (including phenoxy) is 1. The average molecular weight is 490 g/mol. The zero-order valence-corrected chi connectivity index (χ0v) is 19.6. The van der Waals surface area contributed by atoms with E-state index >= 15 is 0 Å². The van der Waals surface area contributed by atoms with Gasteiger partial charge in [0.15, 0.2) is 5.75 Å². The molecule has 0 unspecified atom stereocenters. The maximum absolute atomic E-state index is 6.54. The summed E-state index contributed by atoms with van der Waals surface area (Å²) in [5.41, 5.74) is 10.8. The molecule has 0 bridgehead atoms. The van der Waals surface area contributed by atoms with Crippen molar-refractivity contribution in [3.8, 4) is 34.0 Å². The highest BCUT2D eigenvalue weighted by atomic mass is 35.5. The Morgan fingerprint density at radius 3 is 2.26 bits per heavy atom. The lowest BCUT2D eigenvalue weighted by Crippen LogP contribution is -2.06. The van der Waals surface area contributed by atoms with Crippen LogP contribution in [0.3, 0.4) is 0 Å². The van der Waals surface area contributed by atoms with Crippen LogP contribution in [-0.2, 0) is 6.54 Å². The summed E-state index contributed by atoms with van der Waals surface area (Å²) in [6, 6.07) is 25.5. The molecule has 5 rings (SSSR count). The van der Waals surface area contributed by atoms with E-state index in [1.807, 2.05) is 60.7 Å². The molecule has 0 spiro atoms. The highest BCUT2D eigenvalue weighted by molar-refractivity contribution is 6.33. The summed E-state index contributed by atoms with van der Waals surface area (Å²) < 4.78 is 8.02. The van der Waals surface area contributed by atoms with E-state index in [9.17, 15) is 0 Å². The Hall–Kier alpha value is -3.87. The van der Waals surface area contributed by atoms with Gasteiger partial charge in [-0.3, -0.25) is 0 Å². The monoisotopic (exact) mass is 489 g/mol. The van der Waals surface area contributed by atoms with Crippen LogP contribution >= 0.6 is 24.0 Å². The molecule has 0 saturated heterocycles. The minimum absolute atomic E-state index is 0. The maximum atomic E-state index is 6.54. The highest BCUT2D eigenvalue weighted by Gasteiger charge is 2.15. The molecule has 6 nitrogen and oxygen atoms in total. The topological polar surface area (TPSA) is 78.9 Å². The molecular formula is C26H21Cl2N5O. The van der Waals surface area contributed by atoms with Gasteiger partial charge in [-0.2, -0.15) is 0 Å². The predicted octanol–water partition coefficient (Wildman–Crippen LogP) is 6.51. The Morgan fingerprint density at radius 1 is 0.794 bits per heavy atom. The van der Waals surface area contributed by atoms with Crippen molar-refractivity contribution in [3.05, 3.63) is 108 Å². The van der Waals surface area contributed by atoms with Crippen LogP contribution in [0.5, 0.6) is 11.5 Å². The zero-order chi connectivity index (χ0) is 22.6. The van der Waals surface area contributed by atoms with Crippen molar-refractivity contribution < 1.29 is 4.74 Å².